The van der Waals surface area contributed by atoms with Crippen LogP contribution in [-0.2, 0) is 0 Å². The third-order valence-electron chi connectivity index (χ3n) is 12.5. The first-order chi connectivity index (χ1) is 33.1. The predicted octanol–water partition coefficient (Wildman–Crippen LogP) is 14.0. The van der Waals surface area contributed by atoms with E-state index in [-0.39, 0.29) is 6.17 Å². The lowest BCUT2D eigenvalue weighted by atomic mass is 9.91. The Kier molecular flexibility index (Phi) is 11.0. The molecule has 6 nitrogen and oxygen atoms in total. The van der Waals surface area contributed by atoms with Crippen LogP contribution in [0.4, 0.5) is 0 Å². The fourth-order valence-electron chi connectivity index (χ4n) is 9.20. The summed E-state index contributed by atoms with van der Waals surface area (Å²) in [6, 6.07) is 65.8. The monoisotopic (exact) mass is 880 g/mol. The van der Waals surface area contributed by atoms with Gasteiger partial charge in [0.25, 0.3) is 0 Å². The Morgan fingerprint density at radius 1 is 0.612 bits per heavy atom. The molecule has 0 spiro atoms. The van der Waals surface area contributed by atoms with E-state index in [0.29, 0.717) is 17.2 Å². The molecular formula is C60H44N6S. The predicted molar refractivity (Wildman–Crippen MR) is 282 cm³/mol. The summed E-state index contributed by atoms with van der Waals surface area (Å²) >= 11 is 1.80. The maximum Gasteiger partial charge on any atom is 0.167 e. The Balaban J connectivity index is 1.07. The van der Waals surface area contributed by atoms with Crippen LogP contribution in [-0.4, -0.2) is 35.3 Å². The first-order valence-corrected chi connectivity index (χ1v) is 23.2. The lowest BCUT2D eigenvalue weighted by Gasteiger charge is -2.34. The molecule has 2 aliphatic heterocycles. The first kappa shape index (κ1) is 41.3. The Labute approximate surface area is 394 Å². The van der Waals surface area contributed by atoms with Crippen LogP contribution in [0.1, 0.15) is 47.1 Å². The topological polar surface area (TPSA) is 64.7 Å². The second kappa shape index (κ2) is 17.9. The van der Waals surface area contributed by atoms with Crippen molar-refractivity contribution < 1.29 is 0 Å². The van der Waals surface area contributed by atoms with Crippen molar-refractivity contribution in [3.8, 4) is 34.6 Å². The van der Waals surface area contributed by atoms with E-state index in [1.54, 1.807) is 11.3 Å². The van der Waals surface area contributed by atoms with Crippen LogP contribution in [0, 0.1) is 12.3 Å². The van der Waals surface area contributed by atoms with Gasteiger partial charge in [-0.2, -0.15) is 0 Å². The second-order valence-electron chi connectivity index (χ2n) is 16.5. The van der Waals surface area contributed by atoms with E-state index >= 15 is 0 Å². The number of aliphatic imine (C=N–C) groups is 4. The van der Waals surface area contributed by atoms with Crippen molar-refractivity contribution in [2.24, 2.45) is 20.0 Å². The van der Waals surface area contributed by atoms with Gasteiger partial charge in [-0.05, 0) is 63.7 Å². The Hall–Kier alpha value is -8.44. The van der Waals surface area contributed by atoms with Crippen molar-refractivity contribution in [3.05, 3.63) is 240 Å². The summed E-state index contributed by atoms with van der Waals surface area (Å²) in [5, 5.41) is 8.28. The molecule has 67 heavy (non-hydrogen) atoms. The number of nitrogens with zero attached hydrogens (tertiary/aromatic N) is 5. The van der Waals surface area contributed by atoms with E-state index in [2.05, 4.69) is 199 Å². The lowest BCUT2D eigenvalue weighted by Crippen LogP contribution is -2.36. The van der Waals surface area contributed by atoms with Gasteiger partial charge in [0.15, 0.2) is 17.8 Å². The molecule has 2 atom stereocenters. The third kappa shape index (κ3) is 7.74. The van der Waals surface area contributed by atoms with E-state index in [4.69, 9.17) is 26.4 Å². The number of allylic oxidation sites excluding steroid dienone is 3. The van der Waals surface area contributed by atoms with Crippen molar-refractivity contribution in [2.45, 2.75) is 19.3 Å². The van der Waals surface area contributed by atoms with Gasteiger partial charge < -0.3 is 10.2 Å². The molecule has 0 amide bonds. The highest BCUT2D eigenvalue weighted by molar-refractivity contribution is 7.25. The molecule has 0 fully saturated rings. The van der Waals surface area contributed by atoms with Gasteiger partial charge in [0.1, 0.15) is 17.8 Å². The van der Waals surface area contributed by atoms with Crippen LogP contribution < -0.4 is 5.32 Å². The molecule has 2 unspecified atom stereocenters. The molecule has 0 radical (unpaired) electrons. The normalized spacial score (nSPS) is 16.4. The van der Waals surface area contributed by atoms with Gasteiger partial charge in [0.2, 0.25) is 0 Å². The quantitative estimate of drug-likeness (QED) is 0.116. The third-order valence-corrected chi connectivity index (χ3v) is 13.6. The smallest absolute Gasteiger partial charge is 0.167 e. The highest BCUT2D eigenvalue weighted by Crippen LogP contribution is 2.46. The van der Waals surface area contributed by atoms with Crippen LogP contribution in [0.2, 0.25) is 0 Å². The zero-order valence-corrected chi connectivity index (χ0v) is 37.8. The second-order valence-corrected chi connectivity index (χ2v) is 17.6. The largest absolute Gasteiger partial charge is 0.344 e. The number of nitrogens with one attached hydrogen (secondary N) is 1. The highest BCUT2D eigenvalue weighted by atomic mass is 32.1. The van der Waals surface area contributed by atoms with E-state index in [1.165, 1.54) is 20.2 Å². The zero-order valence-electron chi connectivity index (χ0n) is 37.0. The molecule has 7 heteroatoms. The summed E-state index contributed by atoms with van der Waals surface area (Å²) in [4.78, 5) is 23.5. The molecule has 320 valence electrons. The molecule has 8 aromatic carbocycles. The fourth-order valence-corrected chi connectivity index (χ4v) is 10.3. The molecule has 0 aliphatic carbocycles. The average Bonchev–Trinajstić information content (AvgIpc) is 3.78. The van der Waals surface area contributed by atoms with Crippen LogP contribution in [0.15, 0.2) is 232 Å². The molecule has 0 saturated carbocycles. The van der Waals surface area contributed by atoms with Gasteiger partial charge in [-0.25, -0.2) is 20.0 Å². The van der Waals surface area contributed by atoms with Crippen molar-refractivity contribution in [1.82, 2.24) is 10.2 Å². The Morgan fingerprint density at radius 3 is 2.06 bits per heavy atom. The summed E-state index contributed by atoms with van der Waals surface area (Å²) in [5.74, 6) is 5.66. The maximum absolute atomic E-state index is 6.26. The molecule has 11 rings (SSSR count). The minimum absolute atomic E-state index is 0.339. The first-order valence-electron chi connectivity index (χ1n) is 22.4. The number of rotatable bonds is 9. The molecule has 3 heterocycles. The Bertz CT molecular complexity index is 3580. The number of hydrogen-bond acceptors (Lipinski definition) is 7. The molecule has 1 aromatic heterocycles. The fraction of sp³-hybridized carbons (Fsp3) is 0.0667. The van der Waals surface area contributed by atoms with Gasteiger partial charge >= 0.3 is 0 Å². The maximum atomic E-state index is 6.26. The molecular weight excluding hydrogens is 837 g/mol. The van der Waals surface area contributed by atoms with Crippen LogP contribution >= 0.6 is 11.3 Å². The zero-order chi connectivity index (χ0) is 45.3. The molecule has 1 N–H and O–H groups in total. The van der Waals surface area contributed by atoms with E-state index in [9.17, 15) is 0 Å². The van der Waals surface area contributed by atoms with Gasteiger partial charge in [0, 0.05) is 49.5 Å². The van der Waals surface area contributed by atoms with E-state index < -0.39 is 6.17 Å². The Morgan fingerprint density at radius 2 is 1.27 bits per heavy atom. The van der Waals surface area contributed by atoms with Gasteiger partial charge in [-0.15, -0.1) is 17.8 Å². The summed E-state index contributed by atoms with van der Waals surface area (Å²) in [7, 11) is 2.10. The minimum atomic E-state index is -0.486. The SMILES string of the molecule is C#C/C(=C\C=C/C)C1=NC(c2c(-c3ccc(C4=NC(c5ccccc5-c5ccccc5)=NC(c5ccccc5)N4)cc3)ccc3sc4ccccc4c23)N(C)C(c2cccc3ccccc23)=N1. The summed E-state index contributed by atoms with van der Waals surface area (Å²) in [6.07, 6.45) is 11.3. The number of fused-ring (bicyclic) bond motifs is 4. The highest BCUT2D eigenvalue weighted by Gasteiger charge is 2.32. The summed E-state index contributed by atoms with van der Waals surface area (Å²) < 4.78 is 2.41. The van der Waals surface area contributed by atoms with E-state index in [1.807, 2.05) is 37.3 Å². The van der Waals surface area contributed by atoms with Gasteiger partial charge in [-0.3, -0.25) is 0 Å². The average molecular weight is 881 g/mol. The number of thiophene rings is 1. The van der Waals surface area contributed by atoms with Gasteiger partial charge in [-0.1, -0.05) is 194 Å². The number of amidine groups is 4. The number of hydrogen-bond donors (Lipinski definition) is 1. The molecule has 0 saturated heterocycles. The van der Waals surface area contributed by atoms with E-state index in [0.717, 1.165) is 72.5 Å². The van der Waals surface area contributed by atoms with Gasteiger partial charge in [0.05, 0.1) is 5.57 Å². The van der Waals surface area contributed by atoms with Crippen molar-refractivity contribution in [2.75, 3.05) is 7.05 Å². The molecule has 9 aromatic rings. The van der Waals surface area contributed by atoms with Crippen LogP contribution in [0.25, 0.3) is 53.2 Å². The molecule has 0 bridgehead atoms. The standard InChI is InChI=1S/C60H44N6S/c1-4-6-20-39(5-2)55-64-59(49-31-19-26-41-23-13-14-28-46(41)49)66(3)60(65-55)54-47(37-38-52-53(54)50-30-17-18-32-51(50)67-52)42-33-35-44(36-34-42)57-61-56(43-24-11-8-12-25-43)62-58(63-57)48-29-16-15-27-45(48)40-21-9-7-10-22-40/h2,4,6-38,56,60H,1,3H3,(H,61,62,63)/b6-4-,39-20+. The molecule has 2 aliphatic rings. The van der Waals surface area contributed by atoms with Crippen molar-refractivity contribution in [3.63, 3.8) is 0 Å². The van der Waals surface area contributed by atoms with Crippen molar-refractivity contribution in [1.29, 1.82) is 0 Å². The number of terminal acetylenes is 1. The van der Waals surface area contributed by atoms with Crippen LogP contribution in [0.5, 0.6) is 0 Å². The summed E-state index contributed by atoms with van der Waals surface area (Å²) in [5.41, 5.74) is 10.0. The van der Waals surface area contributed by atoms with Crippen molar-refractivity contribution >= 4 is 65.6 Å². The summed E-state index contributed by atoms with van der Waals surface area (Å²) in [6.45, 7) is 1.98. The number of benzene rings is 8. The van der Waals surface area contributed by atoms with Crippen LogP contribution in [0.3, 0.4) is 0 Å². The minimum Gasteiger partial charge on any atom is -0.344 e. The lowest BCUT2D eigenvalue weighted by molar-refractivity contribution is 0.386.